The summed E-state index contributed by atoms with van der Waals surface area (Å²) in [6, 6.07) is 4.06. The van der Waals surface area contributed by atoms with E-state index in [9.17, 15) is 4.79 Å². The number of hydrogen-bond acceptors (Lipinski definition) is 3. The van der Waals surface area contributed by atoms with Crippen LogP contribution in [0.15, 0.2) is 18.3 Å². The Morgan fingerprint density at radius 1 is 1.59 bits per heavy atom. The molecule has 0 saturated carbocycles. The van der Waals surface area contributed by atoms with E-state index in [2.05, 4.69) is 16.0 Å². The summed E-state index contributed by atoms with van der Waals surface area (Å²) in [6.45, 7) is 4.41. The number of carbonyl (C=O) groups is 1. The number of piperidine rings is 1. The summed E-state index contributed by atoms with van der Waals surface area (Å²) in [7, 11) is 0. The molecule has 2 heterocycles. The predicted molar refractivity (Wildman–Crippen MR) is 64.6 cm³/mol. The van der Waals surface area contributed by atoms with Crippen molar-refractivity contribution in [2.24, 2.45) is 5.92 Å². The molecule has 1 saturated heterocycles. The average molecular weight is 234 g/mol. The first-order valence-electron chi connectivity index (χ1n) is 6.02. The van der Waals surface area contributed by atoms with Crippen molar-refractivity contribution in [1.29, 1.82) is 0 Å². The zero-order valence-corrected chi connectivity index (χ0v) is 10.1. The maximum absolute atomic E-state index is 11.0. The number of pyridine rings is 1. The van der Waals surface area contributed by atoms with Gasteiger partial charge in [0, 0.05) is 25.0 Å². The summed E-state index contributed by atoms with van der Waals surface area (Å²) in [4.78, 5) is 17.4. The lowest BCUT2D eigenvalue weighted by Crippen LogP contribution is -2.38. The van der Waals surface area contributed by atoms with Crippen molar-refractivity contribution in [2.75, 3.05) is 13.1 Å². The highest BCUT2D eigenvalue weighted by Gasteiger charge is 2.25. The van der Waals surface area contributed by atoms with Crippen molar-refractivity contribution in [1.82, 2.24) is 9.88 Å². The molecular weight excluding hydrogens is 216 g/mol. The van der Waals surface area contributed by atoms with E-state index in [1.807, 2.05) is 19.2 Å². The third kappa shape index (κ3) is 3.27. The Kier molecular flexibility index (Phi) is 3.74. The Balaban J connectivity index is 1.94. The number of carboxylic acids is 1. The number of rotatable bonds is 3. The fourth-order valence-corrected chi connectivity index (χ4v) is 2.25. The van der Waals surface area contributed by atoms with Gasteiger partial charge in [-0.15, -0.1) is 0 Å². The monoisotopic (exact) mass is 234 g/mol. The lowest BCUT2D eigenvalue weighted by molar-refractivity contribution is -0.143. The van der Waals surface area contributed by atoms with Crippen molar-refractivity contribution >= 4 is 5.97 Å². The molecular formula is C13H18N2O2. The molecule has 4 heteroatoms. The van der Waals surface area contributed by atoms with Gasteiger partial charge in [-0.2, -0.15) is 0 Å². The maximum atomic E-state index is 11.0. The summed E-state index contributed by atoms with van der Waals surface area (Å²) >= 11 is 0. The van der Waals surface area contributed by atoms with E-state index in [0.717, 1.165) is 37.2 Å². The molecule has 1 aromatic heterocycles. The summed E-state index contributed by atoms with van der Waals surface area (Å²) in [5, 5.41) is 9.02. The van der Waals surface area contributed by atoms with E-state index in [-0.39, 0.29) is 5.92 Å². The minimum Gasteiger partial charge on any atom is -0.481 e. The summed E-state index contributed by atoms with van der Waals surface area (Å²) in [5.41, 5.74) is 2.16. The molecule has 2 rings (SSSR count). The smallest absolute Gasteiger partial charge is 0.307 e. The van der Waals surface area contributed by atoms with Crippen LogP contribution in [0.5, 0.6) is 0 Å². The molecule has 17 heavy (non-hydrogen) atoms. The van der Waals surface area contributed by atoms with Crippen LogP contribution in [0, 0.1) is 12.8 Å². The first-order chi connectivity index (χ1) is 8.15. The number of likely N-dealkylation sites (tertiary alicyclic amines) is 1. The lowest BCUT2D eigenvalue weighted by atomic mass is 9.98. The molecule has 4 nitrogen and oxygen atoms in total. The quantitative estimate of drug-likeness (QED) is 0.864. The minimum absolute atomic E-state index is 0.206. The second kappa shape index (κ2) is 5.27. The maximum Gasteiger partial charge on any atom is 0.307 e. The van der Waals surface area contributed by atoms with Crippen LogP contribution >= 0.6 is 0 Å². The fraction of sp³-hybridized carbons (Fsp3) is 0.538. The molecule has 1 unspecified atom stereocenters. The molecule has 1 N–H and O–H groups in total. The zero-order chi connectivity index (χ0) is 12.3. The van der Waals surface area contributed by atoms with Gasteiger partial charge in [0.15, 0.2) is 0 Å². The van der Waals surface area contributed by atoms with Gasteiger partial charge in [0.05, 0.1) is 5.92 Å². The Bertz CT molecular complexity index is 389. The molecule has 1 atom stereocenters. The highest BCUT2D eigenvalue weighted by atomic mass is 16.4. The van der Waals surface area contributed by atoms with E-state index >= 15 is 0 Å². The van der Waals surface area contributed by atoms with Gasteiger partial charge in [-0.3, -0.25) is 14.7 Å². The SMILES string of the molecule is Cc1ccc(CN2CCCC(C(=O)O)C2)cn1. The van der Waals surface area contributed by atoms with Crippen molar-refractivity contribution in [3.63, 3.8) is 0 Å². The van der Waals surface area contributed by atoms with E-state index in [1.165, 1.54) is 0 Å². The number of carboxylic acid groups (broad SMARTS) is 1. The molecule has 0 bridgehead atoms. The van der Waals surface area contributed by atoms with Crippen LogP contribution in [0.1, 0.15) is 24.1 Å². The zero-order valence-electron chi connectivity index (χ0n) is 10.1. The molecule has 1 aliphatic rings. The van der Waals surface area contributed by atoms with Gasteiger partial charge in [0.1, 0.15) is 0 Å². The van der Waals surface area contributed by atoms with Crippen LogP contribution in [-0.2, 0) is 11.3 Å². The Labute approximate surface area is 101 Å². The van der Waals surface area contributed by atoms with Gasteiger partial charge in [-0.05, 0) is 37.9 Å². The Morgan fingerprint density at radius 2 is 2.41 bits per heavy atom. The Morgan fingerprint density at radius 3 is 3.06 bits per heavy atom. The predicted octanol–water partition coefficient (Wildman–Crippen LogP) is 1.69. The van der Waals surface area contributed by atoms with Gasteiger partial charge in [-0.1, -0.05) is 6.07 Å². The van der Waals surface area contributed by atoms with Gasteiger partial charge in [0.25, 0.3) is 0 Å². The molecule has 0 radical (unpaired) electrons. The highest BCUT2D eigenvalue weighted by molar-refractivity contribution is 5.70. The van der Waals surface area contributed by atoms with Crippen molar-refractivity contribution in [3.05, 3.63) is 29.6 Å². The van der Waals surface area contributed by atoms with E-state index in [1.54, 1.807) is 0 Å². The molecule has 1 fully saturated rings. The lowest BCUT2D eigenvalue weighted by Gasteiger charge is -2.30. The van der Waals surface area contributed by atoms with Crippen LogP contribution in [0.3, 0.4) is 0 Å². The van der Waals surface area contributed by atoms with Crippen LogP contribution in [0.25, 0.3) is 0 Å². The third-order valence-electron chi connectivity index (χ3n) is 3.23. The van der Waals surface area contributed by atoms with Crippen molar-refractivity contribution in [2.45, 2.75) is 26.3 Å². The standard InChI is InChI=1S/C13H18N2O2/c1-10-4-5-11(7-14-10)8-15-6-2-3-12(9-15)13(16)17/h4-5,7,12H,2-3,6,8-9H2,1H3,(H,16,17). The van der Waals surface area contributed by atoms with Crippen molar-refractivity contribution < 1.29 is 9.90 Å². The number of aliphatic carboxylic acids is 1. The molecule has 0 aliphatic carbocycles. The fourth-order valence-electron chi connectivity index (χ4n) is 2.25. The number of hydrogen-bond donors (Lipinski definition) is 1. The first kappa shape index (κ1) is 12.0. The minimum atomic E-state index is -0.670. The van der Waals surface area contributed by atoms with Crippen LogP contribution in [0.4, 0.5) is 0 Å². The van der Waals surface area contributed by atoms with E-state index < -0.39 is 5.97 Å². The largest absolute Gasteiger partial charge is 0.481 e. The van der Waals surface area contributed by atoms with Crippen LogP contribution in [-0.4, -0.2) is 34.0 Å². The highest BCUT2D eigenvalue weighted by Crippen LogP contribution is 2.18. The third-order valence-corrected chi connectivity index (χ3v) is 3.23. The summed E-state index contributed by atoms with van der Waals surface area (Å²) in [5.74, 6) is -0.876. The molecule has 0 spiro atoms. The molecule has 1 aliphatic heterocycles. The molecule has 0 amide bonds. The van der Waals surface area contributed by atoms with Gasteiger partial charge >= 0.3 is 5.97 Å². The van der Waals surface area contributed by atoms with Gasteiger partial charge < -0.3 is 5.11 Å². The normalized spacial score (nSPS) is 21.4. The van der Waals surface area contributed by atoms with Gasteiger partial charge in [0.2, 0.25) is 0 Å². The van der Waals surface area contributed by atoms with E-state index in [0.29, 0.717) is 6.54 Å². The second-order valence-corrected chi connectivity index (χ2v) is 4.72. The number of aryl methyl sites for hydroxylation is 1. The summed E-state index contributed by atoms with van der Waals surface area (Å²) < 4.78 is 0. The number of aromatic nitrogens is 1. The van der Waals surface area contributed by atoms with E-state index in [4.69, 9.17) is 5.11 Å². The molecule has 1 aromatic rings. The first-order valence-corrected chi connectivity index (χ1v) is 6.02. The Hall–Kier alpha value is -1.42. The van der Waals surface area contributed by atoms with Crippen molar-refractivity contribution in [3.8, 4) is 0 Å². The number of nitrogens with zero attached hydrogens (tertiary/aromatic N) is 2. The molecule has 92 valence electrons. The topological polar surface area (TPSA) is 53.4 Å². The summed E-state index contributed by atoms with van der Waals surface area (Å²) in [6.07, 6.45) is 3.65. The van der Waals surface area contributed by atoms with Crippen LogP contribution < -0.4 is 0 Å². The average Bonchev–Trinajstić information content (AvgIpc) is 2.32. The second-order valence-electron chi connectivity index (χ2n) is 4.72. The van der Waals surface area contributed by atoms with Gasteiger partial charge in [-0.25, -0.2) is 0 Å². The molecule has 0 aromatic carbocycles. The van der Waals surface area contributed by atoms with Crippen LogP contribution in [0.2, 0.25) is 0 Å².